The van der Waals surface area contributed by atoms with Gasteiger partial charge >= 0.3 is 0 Å². The summed E-state index contributed by atoms with van der Waals surface area (Å²) in [5.74, 6) is 2.84. The first-order valence-corrected chi connectivity index (χ1v) is 5.25. The quantitative estimate of drug-likeness (QED) is 0.560. The van der Waals surface area contributed by atoms with E-state index in [1.165, 1.54) is 12.8 Å². The zero-order valence-electron chi connectivity index (χ0n) is 7.23. The monoisotopic (exact) mass is 196 g/mol. The molecular formula is C8H12N4S. The Morgan fingerprint density at radius 2 is 1.92 bits per heavy atom. The highest BCUT2D eigenvalue weighted by Gasteiger charge is 2.21. The number of nitrogens with two attached hydrogens (primary N) is 2. The molecule has 0 amide bonds. The van der Waals surface area contributed by atoms with Crippen LogP contribution in [0.1, 0.15) is 12.8 Å². The molecule has 1 aliphatic carbocycles. The van der Waals surface area contributed by atoms with E-state index >= 15 is 0 Å². The van der Waals surface area contributed by atoms with Crippen LogP contribution in [-0.2, 0) is 0 Å². The third-order valence-corrected chi connectivity index (χ3v) is 2.97. The first-order chi connectivity index (χ1) is 6.24. The van der Waals surface area contributed by atoms with Crippen LogP contribution in [0.3, 0.4) is 0 Å². The van der Waals surface area contributed by atoms with Gasteiger partial charge in [0.15, 0.2) is 5.16 Å². The van der Waals surface area contributed by atoms with Gasteiger partial charge in [-0.1, -0.05) is 11.8 Å². The lowest BCUT2D eigenvalue weighted by Gasteiger charge is -2.00. The van der Waals surface area contributed by atoms with Gasteiger partial charge in [0.05, 0.1) is 0 Å². The fourth-order valence-corrected chi connectivity index (χ4v) is 2.06. The molecule has 0 atom stereocenters. The van der Waals surface area contributed by atoms with Gasteiger partial charge in [-0.15, -0.1) is 0 Å². The van der Waals surface area contributed by atoms with Gasteiger partial charge in [0, 0.05) is 11.8 Å². The molecule has 0 saturated heterocycles. The summed E-state index contributed by atoms with van der Waals surface area (Å²) in [5, 5.41) is 0.699. The number of thioether (sulfide) groups is 1. The predicted octanol–water partition coefficient (Wildman–Crippen LogP) is 1.14. The van der Waals surface area contributed by atoms with Gasteiger partial charge in [-0.25, -0.2) is 9.97 Å². The summed E-state index contributed by atoms with van der Waals surface area (Å²) in [4.78, 5) is 8.17. The smallest absolute Gasteiger partial charge is 0.191 e. The van der Waals surface area contributed by atoms with E-state index in [1.807, 2.05) is 0 Å². The first-order valence-electron chi connectivity index (χ1n) is 4.27. The lowest BCUT2D eigenvalue weighted by atomic mass is 10.5. The maximum atomic E-state index is 5.54. The number of anilines is 2. The molecule has 0 aromatic carbocycles. The van der Waals surface area contributed by atoms with Crippen LogP contribution < -0.4 is 11.5 Å². The zero-order valence-corrected chi connectivity index (χ0v) is 8.05. The van der Waals surface area contributed by atoms with Crippen molar-refractivity contribution < 1.29 is 0 Å². The van der Waals surface area contributed by atoms with Gasteiger partial charge < -0.3 is 11.5 Å². The van der Waals surface area contributed by atoms with Crippen molar-refractivity contribution in [3.05, 3.63) is 6.07 Å². The van der Waals surface area contributed by atoms with Crippen LogP contribution >= 0.6 is 11.8 Å². The molecular weight excluding hydrogens is 184 g/mol. The summed E-state index contributed by atoms with van der Waals surface area (Å²) in [5.41, 5.74) is 11.1. The SMILES string of the molecule is Nc1cc(N)nc(SCC2CC2)n1. The summed E-state index contributed by atoms with van der Waals surface area (Å²) in [6.45, 7) is 0. The Kier molecular flexibility index (Phi) is 2.26. The topological polar surface area (TPSA) is 77.8 Å². The highest BCUT2D eigenvalue weighted by molar-refractivity contribution is 7.99. The van der Waals surface area contributed by atoms with Crippen LogP contribution in [0.4, 0.5) is 11.6 Å². The molecule has 70 valence electrons. The molecule has 0 radical (unpaired) electrons. The Labute approximate surface area is 81.1 Å². The molecule has 2 rings (SSSR count). The second-order valence-electron chi connectivity index (χ2n) is 3.25. The van der Waals surface area contributed by atoms with Gasteiger partial charge in [0.2, 0.25) is 0 Å². The van der Waals surface area contributed by atoms with Gasteiger partial charge in [-0.05, 0) is 18.8 Å². The summed E-state index contributed by atoms with van der Waals surface area (Å²) in [7, 11) is 0. The Morgan fingerprint density at radius 3 is 2.46 bits per heavy atom. The number of hydrogen-bond donors (Lipinski definition) is 2. The number of nitrogens with zero attached hydrogens (tertiary/aromatic N) is 2. The standard InChI is InChI=1S/C8H12N4S/c9-6-3-7(10)12-8(11-6)13-4-5-1-2-5/h3,5H,1-2,4H2,(H4,9,10,11,12). The second-order valence-corrected chi connectivity index (χ2v) is 4.24. The fraction of sp³-hybridized carbons (Fsp3) is 0.500. The minimum atomic E-state index is 0.450. The number of aromatic nitrogens is 2. The average Bonchev–Trinajstić information content (AvgIpc) is 2.81. The molecule has 1 heterocycles. The third kappa shape index (κ3) is 2.48. The first kappa shape index (κ1) is 8.62. The highest BCUT2D eigenvalue weighted by Crippen LogP contribution is 2.34. The Balaban J connectivity index is 2.01. The van der Waals surface area contributed by atoms with E-state index in [1.54, 1.807) is 17.8 Å². The van der Waals surface area contributed by atoms with Crippen molar-refractivity contribution in [2.45, 2.75) is 18.0 Å². The number of rotatable bonds is 3. The van der Waals surface area contributed by atoms with Crippen molar-refractivity contribution in [1.82, 2.24) is 9.97 Å². The van der Waals surface area contributed by atoms with Crippen molar-refractivity contribution in [3.63, 3.8) is 0 Å². The predicted molar refractivity (Wildman–Crippen MR) is 54.3 cm³/mol. The van der Waals surface area contributed by atoms with E-state index in [9.17, 15) is 0 Å². The molecule has 0 aliphatic heterocycles. The maximum absolute atomic E-state index is 5.54. The zero-order chi connectivity index (χ0) is 9.26. The number of nitrogen functional groups attached to an aromatic ring is 2. The van der Waals surface area contributed by atoms with Gasteiger partial charge in [-0.2, -0.15) is 0 Å². The third-order valence-electron chi connectivity index (χ3n) is 1.89. The van der Waals surface area contributed by atoms with E-state index < -0.39 is 0 Å². The second kappa shape index (κ2) is 3.41. The normalized spacial score (nSPS) is 16.0. The van der Waals surface area contributed by atoms with Crippen LogP contribution in [0.2, 0.25) is 0 Å². The van der Waals surface area contributed by atoms with Gasteiger partial charge in [0.1, 0.15) is 11.6 Å². The van der Waals surface area contributed by atoms with Gasteiger partial charge in [0.25, 0.3) is 0 Å². The highest BCUT2D eigenvalue weighted by atomic mass is 32.2. The Morgan fingerprint density at radius 1 is 1.31 bits per heavy atom. The summed E-state index contributed by atoms with van der Waals surface area (Å²) in [6.07, 6.45) is 2.68. The lowest BCUT2D eigenvalue weighted by molar-refractivity contribution is 0.956. The molecule has 0 unspecified atom stereocenters. The van der Waals surface area contributed by atoms with Crippen molar-refractivity contribution in [2.75, 3.05) is 17.2 Å². The van der Waals surface area contributed by atoms with Crippen molar-refractivity contribution >= 4 is 23.4 Å². The molecule has 4 N–H and O–H groups in total. The van der Waals surface area contributed by atoms with E-state index in [4.69, 9.17) is 11.5 Å². The molecule has 0 spiro atoms. The summed E-state index contributed by atoms with van der Waals surface area (Å²) >= 11 is 1.64. The van der Waals surface area contributed by atoms with E-state index in [0.29, 0.717) is 16.8 Å². The molecule has 1 aromatic rings. The van der Waals surface area contributed by atoms with E-state index in [-0.39, 0.29) is 0 Å². The molecule has 1 saturated carbocycles. The van der Waals surface area contributed by atoms with E-state index in [2.05, 4.69) is 9.97 Å². The molecule has 5 heteroatoms. The molecule has 1 aliphatic rings. The minimum absolute atomic E-state index is 0.450. The van der Waals surface area contributed by atoms with Crippen molar-refractivity contribution in [3.8, 4) is 0 Å². The fourth-order valence-electron chi connectivity index (χ4n) is 1.00. The van der Waals surface area contributed by atoms with Crippen molar-refractivity contribution in [1.29, 1.82) is 0 Å². The van der Waals surface area contributed by atoms with Crippen molar-refractivity contribution in [2.24, 2.45) is 5.92 Å². The maximum Gasteiger partial charge on any atom is 0.191 e. The van der Waals surface area contributed by atoms with Crippen LogP contribution in [-0.4, -0.2) is 15.7 Å². The van der Waals surface area contributed by atoms with Gasteiger partial charge in [-0.3, -0.25) is 0 Å². The van der Waals surface area contributed by atoms with Crippen LogP contribution in [0.25, 0.3) is 0 Å². The van der Waals surface area contributed by atoms with Crippen LogP contribution in [0.15, 0.2) is 11.2 Å². The van der Waals surface area contributed by atoms with E-state index in [0.717, 1.165) is 11.7 Å². The minimum Gasteiger partial charge on any atom is -0.383 e. The Bertz CT molecular complexity index is 291. The molecule has 13 heavy (non-hydrogen) atoms. The molecule has 0 bridgehead atoms. The van der Waals surface area contributed by atoms with Crippen LogP contribution in [0, 0.1) is 5.92 Å². The lowest BCUT2D eigenvalue weighted by Crippen LogP contribution is -1.99. The summed E-state index contributed by atoms with van der Waals surface area (Å²) < 4.78 is 0. The summed E-state index contributed by atoms with van der Waals surface area (Å²) in [6, 6.07) is 1.57. The van der Waals surface area contributed by atoms with Crippen LogP contribution in [0.5, 0.6) is 0 Å². The average molecular weight is 196 g/mol. The number of hydrogen-bond acceptors (Lipinski definition) is 5. The largest absolute Gasteiger partial charge is 0.383 e. The Hall–Kier alpha value is -0.970. The molecule has 1 fully saturated rings. The molecule has 1 aromatic heterocycles. The molecule has 4 nitrogen and oxygen atoms in total.